The van der Waals surface area contributed by atoms with Crippen LogP contribution in [0, 0.1) is 12.8 Å². The van der Waals surface area contributed by atoms with Crippen molar-refractivity contribution in [3.05, 3.63) is 29.3 Å². The van der Waals surface area contributed by atoms with E-state index >= 15 is 0 Å². The minimum atomic E-state index is -0.543. The predicted molar refractivity (Wildman–Crippen MR) is 83.6 cm³/mol. The average molecular weight is 302 g/mol. The van der Waals surface area contributed by atoms with Gasteiger partial charge in [-0.15, -0.1) is 0 Å². The number of nitrogens with zero attached hydrogens (tertiary/aromatic N) is 2. The summed E-state index contributed by atoms with van der Waals surface area (Å²) < 4.78 is 0. The first-order valence-electron chi connectivity index (χ1n) is 7.86. The molecule has 3 rings (SSSR count). The summed E-state index contributed by atoms with van der Waals surface area (Å²) in [5.74, 6) is -0.805. The van der Waals surface area contributed by atoms with Crippen LogP contribution < -0.4 is 4.90 Å². The van der Waals surface area contributed by atoms with Gasteiger partial charge in [-0.3, -0.25) is 9.59 Å². The van der Waals surface area contributed by atoms with Crippen LogP contribution in [0.25, 0.3) is 0 Å². The number of carbonyl (C=O) groups is 2. The molecule has 22 heavy (non-hydrogen) atoms. The summed E-state index contributed by atoms with van der Waals surface area (Å²) >= 11 is 0. The Kier molecular flexibility index (Phi) is 3.91. The first kappa shape index (κ1) is 15.0. The van der Waals surface area contributed by atoms with E-state index in [0.29, 0.717) is 13.1 Å². The van der Waals surface area contributed by atoms with E-state index in [1.807, 2.05) is 32.0 Å². The first-order valence-corrected chi connectivity index (χ1v) is 7.86. The summed E-state index contributed by atoms with van der Waals surface area (Å²) in [5.41, 5.74) is 3.16. The number of hydrogen-bond acceptors (Lipinski definition) is 3. The van der Waals surface area contributed by atoms with Gasteiger partial charge in [-0.2, -0.15) is 0 Å². The topological polar surface area (TPSA) is 60.9 Å². The molecule has 2 aliphatic heterocycles. The molecule has 2 amide bonds. The monoisotopic (exact) mass is 302 g/mol. The van der Waals surface area contributed by atoms with Crippen molar-refractivity contribution >= 4 is 17.5 Å². The van der Waals surface area contributed by atoms with E-state index in [0.717, 1.165) is 29.7 Å². The first-order chi connectivity index (χ1) is 10.5. The number of likely N-dealkylation sites (tertiary alicyclic amines) is 1. The Morgan fingerprint density at radius 3 is 2.73 bits per heavy atom. The number of anilines is 1. The maximum Gasteiger partial charge on any atom is 0.316 e. The molecule has 2 atom stereocenters. The summed E-state index contributed by atoms with van der Waals surface area (Å²) in [7, 11) is 0. The zero-order valence-corrected chi connectivity index (χ0v) is 13.1. The van der Waals surface area contributed by atoms with Crippen molar-refractivity contribution in [2.45, 2.75) is 32.8 Å². The highest BCUT2D eigenvalue weighted by atomic mass is 16.3. The Morgan fingerprint density at radius 2 is 2.00 bits per heavy atom. The van der Waals surface area contributed by atoms with E-state index < -0.39 is 17.9 Å². The SMILES string of the molecule is Cc1cccc2c1CCN2C(=O)C(=O)N1CCC(C)C(O)C1. The zero-order chi connectivity index (χ0) is 15.9. The van der Waals surface area contributed by atoms with Gasteiger partial charge >= 0.3 is 11.8 Å². The number of fused-ring (bicyclic) bond motifs is 1. The molecular formula is C17H22N2O3. The number of aryl methyl sites for hydroxylation is 1. The third-order valence-electron chi connectivity index (χ3n) is 4.90. The average Bonchev–Trinajstić information content (AvgIpc) is 2.94. The minimum Gasteiger partial charge on any atom is -0.391 e. The maximum absolute atomic E-state index is 12.6. The number of carbonyl (C=O) groups excluding carboxylic acids is 2. The van der Waals surface area contributed by atoms with Crippen LogP contribution in [0.4, 0.5) is 5.69 Å². The Morgan fingerprint density at radius 1 is 1.23 bits per heavy atom. The van der Waals surface area contributed by atoms with E-state index in [9.17, 15) is 14.7 Å². The molecular weight excluding hydrogens is 280 g/mol. The van der Waals surface area contributed by atoms with Gasteiger partial charge in [0.1, 0.15) is 0 Å². The van der Waals surface area contributed by atoms with Crippen molar-refractivity contribution in [3.63, 3.8) is 0 Å². The normalized spacial score (nSPS) is 24.3. The number of amides is 2. The molecule has 1 N–H and O–H groups in total. The lowest BCUT2D eigenvalue weighted by Gasteiger charge is -2.34. The van der Waals surface area contributed by atoms with Crippen molar-refractivity contribution in [2.24, 2.45) is 5.92 Å². The predicted octanol–water partition coefficient (Wildman–Crippen LogP) is 1.11. The molecule has 0 radical (unpaired) electrons. The minimum absolute atomic E-state index is 0.175. The van der Waals surface area contributed by atoms with Gasteiger partial charge in [0.2, 0.25) is 0 Å². The van der Waals surface area contributed by atoms with Crippen LogP contribution >= 0.6 is 0 Å². The zero-order valence-electron chi connectivity index (χ0n) is 13.1. The van der Waals surface area contributed by atoms with Crippen molar-refractivity contribution in [2.75, 3.05) is 24.5 Å². The number of β-amino-alcohol motifs (C(OH)–C–C–N with tert-alkyl or cyclic N) is 1. The summed E-state index contributed by atoms with van der Waals surface area (Å²) in [6, 6.07) is 5.83. The number of benzene rings is 1. The van der Waals surface area contributed by atoms with Crippen LogP contribution in [-0.2, 0) is 16.0 Å². The molecule has 2 heterocycles. The van der Waals surface area contributed by atoms with Gasteiger partial charge in [-0.1, -0.05) is 19.1 Å². The second-order valence-electron chi connectivity index (χ2n) is 6.36. The van der Waals surface area contributed by atoms with Gasteiger partial charge in [-0.05, 0) is 42.9 Å². The molecule has 0 aromatic heterocycles. The molecule has 5 nitrogen and oxygen atoms in total. The van der Waals surface area contributed by atoms with Crippen molar-refractivity contribution in [1.82, 2.24) is 4.90 Å². The molecule has 0 bridgehead atoms. The molecule has 0 saturated carbocycles. The summed E-state index contributed by atoms with van der Waals surface area (Å²) in [4.78, 5) is 28.1. The van der Waals surface area contributed by atoms with Crippen LogP contribution in [-0.4, -0.2) is 47.6 Å². The van der Waals surface area contributed by atoms with E-state index in [1.165, 1.54) is 4.90 Å². The molecule has 1 aromatic carbocycles. The quantitative estimate of drug-likeness (QED) is 0.730. The third kappa shape index (κ3) is 2.50. The smallest absolute Gasteiger partial charge is 0.316 e. The van der Waals surface area contributed by atoms with Crippen molar-refractivity contribution in [1.29, 1.82) is 0 Å². The molecule has 1 fully saturated rings. The number of rotatable bonds is 0. The van der Waals surface area contributed by atoms with Gasteiger partial charge in [-0.25, -0.2) is 0 Å². The van der Waals surface area contributed by atoms with E-state index in [4.69, 9.17) is 0 Å². The maximum atomic E-state index is 12.6. The van der Waals surface area contributed by atoms with Crippen LogP contribution in [0.5, 0.6) is 0 Å². The number of aliphatic hydroxyl groups excluding tert-OH is 1. The lowest BCUT2D eigenvalue weighted by molar-refractivity contribution is -0.147. The van der Waals surface area contributed by atoms with E-state index in [2.05, 4.69) is 0 Å². The second kappa shape index (κ2) is 5.72. The Balaban J connectivity index is 1.76. The van der Waals surface area contributed by atoms with Gasteiger partial charge in [0, 0.05) is 25.3 Å². The lowest BCUT2D eigenvalue weighted by Crippen LogP contribution is -2.51. The molecule has 0 spiro atoms. The van der Waals surface area contributed by atoms with Crippen LogP contribution in [0.2, 0.25) is 0 Å². The summed E-state index contributed by atoms with van der Waals surface area (Å²) in [6.07, 6.45) is 0.981. The highest BCUT2D eigenvalue weighted by Crippen LogP contribution is 2.30. The Bertz CT molecular complexity index is 614. The number of piperidine rings is 1. The highest BCUT2D eigenvalue weighted by Gasteiger charge is 2.35. The molecule has 2 unspecified atom stereocenters. The van der Waals surface area contributed by atoms with E-state index in [-0.39, 0.29) is 12.5 Å². The summed E-state index contributed by atoms with van der Waals surface area (Å²) in [5, 5.41) is 9.92. The highest BCUT2D eigenvalue weighted by molar-refractivity contribution is 6.40. The Labute approximate surface area is 130 Å². The molecule has 2 aliphatic rings. The number of aliphatic hydroxyl groups is 1. The fraction of sp³-hybridized carbons (Fsp3) is 0.529. The van der Waals surface area contributed by atoms with Gasteiger partial charge in [0.05, 0.1) is 6.10 Å². The lowest BCUT2D eigenvalue weighted by atomic mass is 9.96. The fourth-order valence-electron chi connectivity index (χ4n) is 3.30. The largest absolute Gasteiger partial charge is 0.391 e. The molecule has 5 heteroatoms. The van der Waals surface area contributed by atoms with Crippen molar-refractivity contribution < 1.29 is 14.7 Å². The van der Waals surface area contributed by atoms with Gasteiger partial charge in [0.25, 0.3) is 0 Å². The standard InChI is InChI=1S/C17H22N2O3/c1-11-4-3-5-14-13(11)7-9-19(14)17(22)16(21)18-8-6-12(2)15(20)10-18/h3-5,12,15,20H,6-10H2,1-2H3. The molecule has 1 saturated heterocycles. The van der Waals surface area contributed by atoms with Crippen LogP contribution in [0.3, 0.4) is 0 Å². The summed E-state index contributed by atoms with van der Waals surface area (Å²) in [6.45, 7) is 5.33. The molecule has 118 valence electrons. The van der Waals surface area contributed by atoms with Crippen molar-refractivity contribution in [3.8, 4) is 0 Å². The number of hydrogen-bond donors (Lipinski definition) is 1. The van der Waals surface area contributed by atoms with Crippen LogP contribution in [0.1, 0.15) is 24.5 Å². The molecule has 1 aromatic rings. The third-order valence-corrected chi connectivity index (χ3v) is 4.90. The van der Waals surface area contributed by atoms with Gasteiger partial charge < -0.3 is 14.9 Å². The Hall–Kier alpha value is -1.88. The van der Waals surface area contributed by atoms with Gasteiger partial charge in [0.15, 0.2) is 0 Å². The van der Waals surface area contributed by atoms with E-state index in [1.54, 1.807) is 4.90 Å². The second-order valence-corrected chi connectivity index (χ2v) is 6.36. The molecule has 0 aliphatic carbocycles. The van der Waals surface area contributed by atoms with Crippen LogP contribution in [0.15, 0.2) is 18.2 Å². The fourth-order valence-corrected chi connectivity index (χ4v) is 3.30.